The van der Waals surface area contributed by atoms with Gasteiger partial charge >= 0.3 is 11.9 Å². The molecule has 2 atom stereocenters. The molecule has 6 aromatic carbocycles. The van der Waals surface area contributed by atoms with Crippen LogP contribution in [-0.2, 0) is 24.5 Å². The van der Waals surface area contributed by atoms with Gasteiger partial charge in [-0.25, -0.2) is 9.59 Å². The van der Waals surface area contributed by atoms with E-state index in [1.165, 1.54) is 21.5 Å². The van der Waals surface area contributed by atoms with Gasteiger partial charge in [0.25, 0.3) is 0 Å². The lowest BCUT2D eigenvalue weighted by atomic mass is 9.70. The van der Waals surface area contributed by atoms with Gasteiger partial charge in [-0.1, -0.05) is 122 Å². The highest BCUT2D eigenvalue weighted by atomic mass is 16.5. The van der Waals surface area contributed by atoms with Gasteiger partial charge in [0.05, 0.1) is 0 Å². The predicted molar refractivity (Wildman–Crippen MR) is 209 cm³/mol. The number of carbonyl (C=O) groups excluding carboxylic acids is 2. The summed E-state index contributed by atoms with van der Waals surface area (Å²) in [5.74, 6) is -0.842. The quantitative estimate of drug-likeness (QED) is 0.108. The molecule has 2 unspecified atom stereocenters. The summed E-state index contributed by atoms with van der Waals surface area (Å²) in [7, 11) is 0. The molecule has 0 saturated carbocycles. The largest absolute Gasteiger partial charge is 0.459 e. The number of carbonyl (C=O) groups is 2. The van der Waals surface area contributed by atoms with Gasteiger partial charge in [-0.15, -0.1) is 0 Å². The van der Waals surface area contributed by atoms with Crippen molar-refractivity contribution in [3.05, 3.63) is 157 Å². The molecule has 1 aliphatic rings. The Hall–Kier alpha value is -5.74. The van der Waals surface area contributed by atoms with E-state index in [1.807, 2.05) is 13.8 Å². The first kappa shape index (κ1) is 33.7. The Bertz CT molecular complexity index is 2190. The predicted octanol–water partition coefficient (Wildman–Crippen LogP) is 11.4. The van der Waals surface area contributed by atoms with Crippen molar-refractivity contribution < 1.29 is 19.1 Å². The fourth-order valence-electron chi connectivity index (χ4n) is 7.96. The Morgan fingerprint density at radius 3 is 1.35 bits per heavy atom. The molecule has 4 heteroatoms. The zero-order chi connectivity index (χ0) is 35.9. The van der Waals surface area contributed by atoms with Crippen molar-refractivity contribution in [2.75, 3.05) is 0 Å². The molecule has 7 rings (SSSR count). The maximum Gasteiger partial charge on any atom is 0.333 e. The third-order valence-corrected chi connectivity index (χ3v) is 10.1. The van der Waals surface area contributed by atoms with Gasteiger partial charge < -0.3 is 9.47 Å². The summed E-state index contributed by atoms with van der Waals surface area (Å²) in [6.07, 6.45) is 0.0739. The molecule has 6 aromatic rings. The number of ether oxygens (including phenoxy) is 2. The average Bonchev–Trinajstić information content (AvgIpc) is 3.38. The van der Waals surface area contributed by atoms with Crippen LogP contribution >= 0.6 is 0 Å². The Morgan fingerprint density at radius 2 is 0.941 bits per heavy atom. The highest BCUT2D eigenvalue weighted by Crippen LogP contribution is 2.56. The smallest absolute Gasteiger partial charge is 0.333 e. The van der Waals surface area contributed by atoms with Gasteiger partial charge in [0.1, 0.15) is 12.2 Å². The molecule has 0 fully saturated rings. The maximum absolute atomic E-state index is 12.8. The van der Waals surface area contributed by atoms with Crippen LogP contribution in [-0.4, -0.2) is 24.1 Å². The standard InChI is InChI=1S/C47H42O4/c1-29(2)45(48)50-31(5)27-47(28-32(6)51-46(49)30(3)4)43-23-21-35(39-19-11-15-33-13-7-9-17-37(33)39)25-41(43)42-26-36(22-24-44(42)47)40-20-12-16-34-14-8-10-18-38(34)40/h7-26,31-32H,1,3,27-28H2,2,4-6H3. The molecule has 0 heterocycles. The molecule has 1 aliphatic carbocycles. The van der Waals surface area contributed by atoms with Crippen molar-refractivity contribution in [3.63, 3.8) is 0 Å². The maximum atomic E-state index is 12.8. The number of rotatable bonds is 10. The fraction of sp³-hybridized carbons (Fsp3) is 0.191. The minimum Gasteiger partial charge on any atom is -0.459 e. The van der Waals surface area contributed by atoms with Crippen LogP contribution in [0.25, 0.3) is 54.9 Å². The van der Waals surface area contributed by atoms with E-state index in [2.05, 4.69) is 134 Å². The topological polar surface area (TPSA) is 52.6 Å². The Labute approximate surface area is 300 Å². The normalized spacial score (nSPS) is 14.0. The molecular formula is C47H42O4. The first-order chi connectivity index (χ1) is 24.6. The van der Waals surface area contributed by atoms with E-state index in [0.717, 1.165) is 44.5 Å². The summed E-state index contributed by atoms with van der Waals surface area (Å²) in [6, 6.07) is 43.2. The number of benzene rings is 6. The van der Waals surface area contributed by atoms with E-state index < -0.39 is 29.6 Å². The molecule has 0 N–H and O–H groups in total. The van der Waals surface area contributed by atoms with Crippen LogP contribution in [0.4, 0.5) is 0 Å². The van der Waals surface area contributed by atoms with Gasteiger partial charge in [-0.2, -0.15) is 0 Å². The van der Waals surface area contributed by atoms with Crippen LogP contribution in [0.1, 0.15) is 51.7 Å². The second-order valence-corrected chi connectivity index (χ2v) is 14.1. The van der Waals surface area contributed by atoms with Crippen molar-refractivity contribution in [2.45, 2.75) is 58.2 Å². The molecule has 254 valence electrons. The van der Waals surface area contributed by atoms with Gasteiger partial charge in [-0.05, 0) is 119 Å². The molecule has 4 nitrogen and oxygen atoms in total. The third-order valence-electron chi connectivity index (χ3n) is 10.1. The SMILES string of the molecule is C=C(C)C(=O)OC(C)CC1(CC(C)OC(=O)C(=C)C)c2ccc(-c3cccc4ccccc34)cc2-c2cc(-c3cccc4ccccc34)ccc21. The van der Waals surface area contributed by atoms with Crippen LogP contribution in [0.15, 0.2) is 146 Å². The van der Waals surface area contributed by atoms with Crippen LogP contribution in [0.5, 0.6) is 0 Å². The summed E-state index contributed by atoms with van der Waals surface area (Å²) < 4.78 is 11.9. The second-order valence-electron chi connectivity index (χ2n) is 14.1. The van der Waals surface area contributed by atoms with E-state index in [9.17, 15) is 9.59 Å². The number of hydrogen-bond acceptors (Lipinski definition) is 4. The van der Waals surface area contributed by atoms with E-state index in [4.69, 9.17) is 9.47 Å². The molecule has 51 heavy (non-hydrogen) atoms. The first-order valence-electron chi connectivity index (χ1n) is 17.5. The highest BCUT2D eigenvalue weighted by Gasteiger charge is 2.46. The van der Waals surface area contributed by atoms with Gasteiger partial charge in [0.15, 0.2) is 0 Å². The Kier molecular flexibility index (Phi) is 8.95. The fourth-order valence-corrected chi connectivity index (χ4v) is 7.96. The van der Waals surface area contributed by atoms with E-state index in [1.54, 1.807) is 13.8 Å². The van der Waals surface area contributed by atoms with Gasteiger partial charge in [0.2, 0.25) is 0 Å². The lowest BCUT2D eigenvalue weighted by Crippen LogP contribution is -2.36. The monoisotopic (exact) mass is 670 g/mol. The average molecular weight is 671 g/mol. The molecule has 0 saturated heterocycles. The van der Waals surface area contributed by atoms with Crippen LogP contribution in [0.2, 0.25) is 0 Å². The Morgan fingerprint density at radius 1 is 0.549 bits per heavy atom. The third kappa shape index (κ3) is 6.27. The highest BCUT2D eigenvalue weighted by molar-refractivity contribution is 6.00. The second kappa shape index (κ2) is 13.5. The van der Waals surface area contributed by atoms with E-state index in [-0.39, 0.29) is 0 Å². The van der Waals surface area contributed by atoms with Crippen molar-refractivity contribution in [3.8, 4) is 33.4 Å². The summed E-state index contributed by atoms with van der Waals surface area (Å²) in [4.78, 5) is 25.6. The van der Waals surface area contributed by atoms with Crippen molar-refractivity contribution in [2.24, 2.45) is 0 Å². The summed E-state index contributed by atoms with van der Waals surface area (Å²) in [5.41, 5.74) is 9.10. The summed E-state index contributed by atoms with van der Waals surface area (Å²) in [5, 5.41) is 4.75. The minimum absolute atomic E-state index is 0.353. The summed E-state index contributed by atoms with van der Waals surface area (Å²) in [6.45, 7) is 14.8. The zero-order valence-electron chi connectivity index (χ0n) is 29.7. The van der Waals surface area contributed by atoms with Crippen molar-refractivity contribution in [1.29, 1.82) is 0 Å². The summed E-state index contributed by atoms with van der Waals surface area (Å²) >= 11 is 0. The molecule has 0 aliphatic heterocycles. The van der Waals surface area contributed by atoms with Crippen molar-refractivity contribution in [1.82, 2.24) is 0 Å². The first-order valence-corrected chi connectivity index (χ1v) is 17.5. The molecule has 0 spiro atoms. The van der Waals surface area contributed by atoms with Crippen LogP contribution in [0, 0.1) is 0 Å². The van der Waals surface area contributed by atoms with E-state index >= 15 is 0 Å². The lowest BCUT2D eigenvalue weighted by molar-refractivity contribution is -0.144. The lowest BCUT2D eigenvalue weighted by Gasteiger charge is -2.36. The number of hydrogen-bond donors (Lipinski definition) is 0. The molecule has 0 aromatic heterocycles. The zero-order valence-corrected chi connectivity index (χ0v) is 29.7. The van der Waals surface area contributed by atoms with Gasteiger partial charge in [0, 0.05) is 16.6 Å². The molecule has 0 radical (unpaired) electrons. The number of esters is 2. The molecule has 0 amide bonds. The van der Waals surface area contributed by atoms with Crippen molar-refractivity contribution >= 4 is 33.5 Å². The minimum atomic E-state index is -0.636. The van der Waals surface area contributed by atoms with E-state index in [0.29, 0.717) is 24.0 Å². The van der Waals surface area contributed by atoms with Gasteiger partial charge in [-0.3, -0.25) is 0 Å². The molecule has 0 bridgehead atoms. The van der Waals surface area contributed by atoms with Crippen LogP contribution in [0.3, 0.4) is 0 Å². The number of fused-ring (bicyclic) bond motifs is 5. The Balaban J connectivity index is 1.45. The van der Waals surface area contributed by atoms with Crippen LogP contribution < -0.4 is 0 Å². The molecular weight excluding hydrogens is 629 g/mol.